The van der Waals surface area contributed by atoms with E-state index in [-0.39, 0.29) is 5.41 Å². The lowest BCUT2D eigenvalue weighted by Gasteiger charge is -2.30. The maximum atomic E-state index is 2.47. The summed E-state index contributed by atoms with van der Waals surface area (Å²) in [6.45, 7) is 0. The summed E-state index contributed by atoms with van der Waals surface area (Å²) in [5.74, 6) is 0. The van der Waals surface area contributed by atoms with E-state index in [0.717, 1.165) is 0 Å². The molecule has 0 fully saturated rings. The van der Waals surface area contributed by atoms with Gasteiger partial charge in [0.25, 0.3) is 0 Å². The lowest BCUT2D eigenvalue weighted by Crippen LogP contribution is -2.25. The van der Waals surface area contributed by atoms with Crippen LogP contribution in [0.2, 0.25) is 0 Å². The molecule has 0 heterocycles. The second-order valence-corrected chi connectivity index (χ2v) is 14.8. The van der Waals surface area contributed by atoms with Crippen LogP contribution in [0.3, 0.4) is 0 Å². The zero-order valence-electron chi connectivity index (χ0n) is 30.3. The quantitative estimate of drug-likeness (QED) is 0.168. The standard InChI is InChI=1S/C55H36/c1-2-13-37(14-3-1)38-27-29-39(30-28-38)40-15-10-16-41(33-40)42-17-11-18-43(34-42)44-19-12-20-45(35-44)46-31-32-50-49-23-6-9-26-53(49)55(54(50)36-46)51-24-7-4-21-47(51)48-22-5-8-25-52(48)55/h1-36H. The molecule has 2 aliphatic rings. The van der Waals surface area contributed by atoms with Crippen LogP contribution in [0.4, 0.5) is 0 Å². The summed E-state index contributed by atoms with van der Waals surface area (Å²) in [5.41, 5.74) is 22.6. The fourth-order valence-corrected chi connectivity index (χ4v) is 9.40. The second-order valence-electron chi connectivity index (χ2n) is 14.8. The topological polar surface area (TPSA) is 0 Å². The van der Waals surface area contributed by atoms with Gasteiger partial charge in [0.2, 0.25) is 0 Å². The first kappa shape index (κ1) is 31.5. The molecule has 0 bridgehead atoms. The van der Waals surface area contributed by atoms with E-state index in [1.807, 2.05) is 0 Å². The molecule has 55 heavy (non-hydrogen) atoms. The van der Waals surface area contributed by atoms with Crippen molar-refractivity contribution in [3.8, 4) is 77.9 Å². The molecule has 2 aliphatic carbocycles. The Morgan fingerprint density at radius 1 is 0.182 bits per heavy atom. The normalized spacial score (nSPS) is 12.9. The number of hydrogen-bond donors (Lipinski definition) is 0. The third kappa shape index (κ3) is 4.92. The molecule has 1 spiro atoms. The minimum Gasteiger partial charge on any atom is -0.0622 e. The van der Waals surface area contributed by atoms with Crippen molar-refractivity contribution < 1.29 is 0 Å². The predicted molar refractivity (Wildman–Crippen MR) is 230 cm³/mol. The Balaban J connectivity index is 0.962. The molecular weight excluding hydrogens is 661 g/mol. The summed E-state index contributed by atoms with van der Waals surface area (Å²) in [7, 11) is 0. The molecule has 0 atom stereocenters. The van der Waals surface area contributed by atoms with Gasteiger partial charge in [0.15, 0.2) is 0 Å². The van der Waals surface area contributed by atoms with Crippen molar-refractivity contribution in [2.75, 3.05) is 0 Å². The summed E-state index contributed by atoms with van der Waals surface area (Å²) in [6, 6.07) is 80.6. The third-order valence-corrected chi connectivity index (χ3v) is 11.9. The molecule has 256 valence electrons. The minimum atomic E-state index is -0.348. The lowest BCUT2D eigenvalue weighted by molar-refractivity contribution is 0.794. The van der Waals surface area contributed by atoms with Crippen LogP contribution in [0, 0.1) is 0 Å². The predicted octanol–water partition coefficient (Wildman–Crippen LogP) is 14.4. The van der Waals surface area contributed by atoms with Gasteiger partial charge in [0.05, 0.1) is 5.41 Å². The average Bonchev–Trinajstić information content (AvgIpc) is 3.74. The van der Waals surface area contributed by atoms with Gasteiger partial charge in [-0.3, -0.25) is 0 Å². The van der Waals surface area contributed by atoms with E-state index >= 15 is 0 Å². The van der Waals surface area contributed by atoms with Gasteiger partial charge < -0.3 is 0 Å². The van der Waals surface area contributed by atoms with Crippen molar-refractivity contribution in [1.82, 2.24) is 0 Å². The van der Waals surface area contributed by atoms with Crippen molar-refractivity contribution in [2.24, 2.45) is 0 Å². The van der Waals surface area contributed by atoms with E-state index in [1.165, 1.54) is 100 Å². The molecule has 0 unspecified atom stereocenters. The second kappa shape index (κ2) is 12.5. The Hall–Kier alpha value is -7.02. The molecule has 0 N–H and O–H groups in total. The fourth-order valence-electron chi connectivity index (χ4n) is 9.40. The van der Waals surface area contributed by atoms with Crippen molar-refractivity contribution in [2.45, 2.75) is 5.41 Å². The molecule has 0 saturated carbocycles. The number of rotatable bonds is 5. The van der Waals surface area contributed by atoms with Crippen LogP contribution < -0.4 is 0 Å². The smallest absolute Gasteiger partial charge is 0.0622 e. The Morgan fingerprint density at radius 3 is 0.927 bits per heavy atom. The van der Waals surface area contributed by atoms with Crippen LogP contribution in [0.25, 0.3) is 77.9 Å². The molecule has 11 rings (SSSR count). The van der Waals surface area contributed by atoms with Gasteiger partial charge >= 0.3 is 0 Å². The van der Waals surface area contributed by atoms with Gasteiger partial charge in [-0.1, -0.05) is 194 Å². The largest absolute Gasteiger partial charge is 0.0725 e. The van der Waals surface area contributed by atoms with E-state index < -0.39 is 0 Å². The average molecular weight is 697 g/mol. The van der Waals surface area contributed by atoms with Crippen LogP contribution in [0.1, 0.15) is 22.3 Å². The first-order valence-electron chi connectivity index (χ1n) is 19.2. The zero-order valence-corrected chi connectivity index (χ0v) is 30.3. The number of hydrogen-bond acceptors (Lipinski definition) is 0. The van der Waals surface area contributed by atoms with Crippen molar-refractivity contribution in [3.05, 3.63) is 241 Å². The van der Waals surface area contributed by atoms with Gasteiger partial charge in [0.1, 0.15) is 0 Å². The first-order valence-corrected chi connectivity index (χ1v) is 19.2. The van der Waals surface area contributed by atoms with Gasteiger partial charge in [0, 0.05) is 0 Å². The van der Waals surface area contributed by atoms with Gasteiger partial charge in [-0.15, -0.1) is 0 Å². The van der Waals surface area contributed by atoms with E-state index in [0.29, 0.717) is 0 Å². The molecule has 0 saturated heterocycles. The van der Waals surface area contributed by atoms with E-state index in [1.54, 1.807) is 0 Å². The highest BCUT2D eigenvalue weighted by molar-refractivity contribution is 5.96. The van der Waals surface area contributed by atoms with Crippen molar-refractivity contribution >= 4 is 0 Å². The maximum absolute atomic E-state index is 2.47. The molecule has 0 heteroatoms. The molecule has 0 aromatic heterocycles. The van der Waals surface area contributed by atoms with Crippen LogP contribution in [0.5, 0.6) is 0 Å². The first-order chi connectivity index (χ1) is 27.3. The molecule has 0 nitrogen and oxygen atoms in total. The van der Waals surface area contributed by atoms with Crippen LogP contribution >= 0.6 is 0 Å². The molecule has 0 aliphatic heterocycles. The highest BCUT2D eigenvalue weighted by Gasteiger charge is 2.51. The Labute approximate surface area is 322 Å². The number of fused-ring (bicyclic) bond motifs is 10. The van der Waals surface area contributed by atoms with E-state index in [2.05, 4.69) is 218 Å². The van der Waals surface area contributed by atoms with Crippen molar-refractivity contribution in [1.29, 1.82) is 0 Å². The lowest BCUT2D eigenvalue weighted by atomic mass is 9.70. The summed E-state index contributed by atoms with van der Waals surface area (Å²) in [4.78, 5) is 0. The number of benzene rings is 9. The molecule has 0 amide bonds. The minimum absolute atomic E-state index is 0.348. The van der Waals surface area contributed by atoms with E-state index in [4.69, 9.17) is 0 Å². The molecule has 9 aromatic carbocycles. The van der Waals surface area contributed by atoms with E-state index in [9.17, 15) is 0 Å². The van der Waals surface area contributed by atoms with Crippen molar-refractivity contribution in [3.63, 3.8) is 0 Å². The molecule has 0 radical (unpaired) electrons. The van der Waals surface area contributed by atoms with Crippen LogP contribution in [-0.2, 0) is 5.41 Å². The Bertz CT molecular complexity index is 2850. The summed E-state index contributed by atoms with van der Waals surface area (Å²) in [5, 5.41) is 0. The summed E-state index contributed by atoms with van der Waals surface area (Å²) < 4.78 is 0. The Morgan fingerprint density at radius 2 is 0.473 bits per heavy atom. The zero-order chi connectivity index (χ0) is 36.3. The fraction of sp³-hybridized carbons (Fsp3) is 0.0182. The Kier molecular flexibility index (Phi) is 7.19. The monoisotopic (exact) mass is 696 g/mol. The summed E-state index contributed by atoms with van der Waals surface area (Å²) >= 11 is 0. The van der Waals surface area contributed by atoms with Gasteiger partial charge in [-0.25, -0.2) is 0 Å². The van der Waals surface area contributed by atoms with Gasteiger partial charge in [-0.05, 0) is 124 Å². The third-order valence-electron chi connectivity index (χ3n) is 11.9. The van der Waals surface area contributed by atoms with Crippen LogP contribution in [-0.4, -0.2) is 0 Å². The molecule has 9 aromatic rings. The highest BCUT2D eigenvalue weighted by Crippen LogP contribution is 2.63. The maximum Gasteiger partial charge on any atom is 0.0725 e. The van der Waals surface area contributed by atoms with Gasteiger partial charge in [-0.2, -0.15) is 0 Å². The van der Waals surface area contributed by atoms with Crippen LogP contribution in [0.15, 0.2) is 218 Å². The molecular formula is C55H36. The summed E-state index contributed by atoms with van der Waals surface area (Å²) in [6.07, 6.45) is 0. The highest BCUT2D eigenvalue weighted by atomic mass is 14.5. The SMILES string of the molecule is c1ccc(-c2ccc(-c3cccc(-c4cccc(-c5cccc(-c6ccc7c(c6)C6(c8ccccc8-c8ccccc86)c6ccccc6-7)c5)c4)c3)cc2)cc1.